The molecule has 0 aliphatic rings. The van der Waals surface area contributed by atoms with Crippen LogP contribution in [0.15, 0.2) is 18.5 Å². The van der Waals surface area contributed by atoms with Crippen molar-refractivity contribution in [2.45, 2.75) is 18.9 Å². The molecule has 3 N–H and O–H groups in total. The average molecular weight is 212 g/mol. The number of rotatable bonds is 7. The van der Waals surface area contributed by atoms with Crippen molar-refractivity contribution in [2.75, 3.05) is 26.8 Å². The van der Waals surface area contributed by atoms with Gasteiger partial charge in [-0.1, -0.05) is 0 Å². The number of aromatic amines is 1. The lowest BCUT2D eigenvalue weighted by Crippen LogP contribution is -2.36. The molecule has 1 aromatic heterocycles. The van der Waals surface area contributed by atoms with Crippen molar-refractivity contribution in [1.82, 2.24) is 9.88 Å². The fourth-order valence-electron chi connectivity index (χ4n) is 1.60. The standard InChI is InChI=1S/C11H20N2O2/c1-13(11(9-15)4-7-14)6-3-10-2-5-12-8-10/h2,5,8,11-12,14-15H,3-4,6-7,9H2,1H3. The third kappa shape index (κ3) is 4.03. The lowest BCUT2D eigenvalue weighted by atomic mass is 10.1. The maximum Gasteiger partial charge on any atom is 0.0587 e. The van der Waals surface area contributed by atoms with Crippen molar-refractivity contribution in [2.24, 2.45) is 0 Å². The number of H-pyrrole nitrogens is 1. The Bertz CT molecular complexity index is 249. The van der Waals surface area contributed by atoms with Crippen molar-refractivity contribution >= 4 is 0 Å². The number of aliphatic hydroxyl groups is 2. The molecule has 0 bridgehead atoms. The second-order valence-electron chi connectivity index (χ2n) is 3.80. The van der Waals surface area contributed by atoms with Crippen molar-refractivity contribution in [3.8, 4) is 0 Å². The van der Waals surface area contributed by atoms with Gasteiger partial charge in [0.05, 0.1) is 6.61 Å². The van der Waals surface area contributed by atoms with Crippen LogP contribution >= 0.6 is 0 Å². The highest BCUT2D eigenvalue weighted by atomic mass is 16.3. The summed E-state index contributed by atoms with van der Waals surface area (Å²) in [4.78, 5) is 5.10. The van der Waals surface area contributed by atoms with Crippen LogP contribution in [0.25, 0.3) is 0 Å². The third-order valence-electron chi connectivity index (χ3n) is 2.71. The molecular weight excluding hydrogens is 192 g/mol. The second-order valence-corrected chi connectivity index (χ2v) is 3.80. The first-order valence-corrected chi connectivity index (χ1v) is 5.31. The lowest BCUT2D eigenvalue weighted by Gasteiger charge is -2.25. The molecule has 1 unspecified atom stereocenters. The number of aromatic nitrogens is 1. The van der Waals surface area contributed by atoms with Gasteiger partial charge in [0.15, 0.2) is 0 Å². The minimum absolute atomic E-state index is 0.0638. The maximum atomic E-state index is 9.13. The van der Waals surface area contributed by atoms with Gasteiger partial charge in [0, 0.05) is 31.6 Å². The first kappa shape index (κ1) is 12.2. The van der Waals surface area contributed by atoms with E-state index in [1.165, 1.54) is 5.56 Å². The number of likely N-dealkylation sites (N-methyl/N-ethyl adjacent to an activating group) is 1. The summed E-state index contributed by atoms with van der Waals surface area (Å²) in [6, 6.07) is 2.11. The summed E-state index contributed by atoms with van der Waals surface area (Å²) in [5, 5.41) is 18.0. The summed E-state index contributed by atoms with van der Waals surface area (Å²) in [5.41, 5.74) is 1.27. The normalized spacial score (nSPS) is 13.3. The molecule has 0 spiro atoms. The van der Waals surface area contributed by atoms with E-state index in [1.54, 1.807) is 0 Å². The minimum Gasteiger partial charge on any atom is -0.396 e. The van der Waals surface area contributed by atoms with E-state index in [-0.39, 0.29) is 19.3 Å². The Morgan fingerprint density at radius 1 is 1.47 bits per heavy atom. The van der Waals surface area contributed by atoms with Gasteiger partial charge in [0.2, 0.25) is 0 Å². The molecule has 4 nitrogen and oxygen atoms in total. The van der Waals surface area contributed by atoms with Crippen molar-refractivity contribution in [1.29, 1.82) is 0 Å². The Morgan fingerprint density at radius 2 is 2.27 bits per heavy atom. The van der Waals surface area contributed by atoms with Crippen molar-refractivity contribution in [3.05, 3.63) is 24.0 Å². The molecule has 0 amide bonds. The van der Waals surface area contributed by atoms with Gasteiger partial charge in [0.25, 0.3) is 0 Å². The molecule has 1 aromatic rings. The van der Waals surface area contributed by atoms with Crippen LogP contribution in [-0.4, -0.2) is 52.9 Å². The Labute approximate surface area is 90.5 Å². The predicted molar refractivity (Wildman–Crippen MR) is 59.7 cm³/mol. The number of hydrogen-bond acceptors (Lipinski definition) is 3. The Balaban J connectivity index is 2.30. The van der Waals surface area contributed by atoms with Crippen LogP contribution in [0, 0.1) is 0 Å². The topological polar surface area (TPSA) is 59.5 Å². The molecule has 86 valence electrons. The molecule has 0 saturated carbocycles. The smallest absolute Gasteiger partial charge is 0.0587 e. The summed E-state index contributed by atoms with van der Waals surface area (Å²) < 4.78 is 0. The van der Waals surface area contributed by atoms with E-state index < -0.39 is 0 Å². The van der Waals surface area contributed by atoms with Gasteiger partial charge < -0.3 is 20.1 Å². The highest BCUT2D eigenvalue weighted by molar-refractivity contribution is 5.08. The molecule has 0 aliphatic carbocycles. The Hall–Kier alpha value is -0.840. The van der Waals surface area contributed by atoms with E-state index in [2.05, 4.69) is 9.88 Å². The SMILES string of the molecule is CN(CCc1cc[nH]c1)C(CO)CCO. The van der Waals surface area contributed by atoms with Crippen LogP contribution in [-0.2, 0) is 6.42 Å². The summed E-state index contributed by atoms with van der Waals surface area (Å²) in [6.07, 6.45) is 5.47. The first-order valence-electron chi connectivity index (χ1n) is 5.31. The van der Waals surface area contributed by atoms with E-state index in [0.717, 1.165) is 13.0 Å². The van der Waals surface area contributed by atoms with Crippen LogP contribution in [0.4, 0.5) is 0 Å². The minimum atomic E-state index is 0.0638. The number of hydrogen-bond donors (Lipinski definition) is 3. The zero-order valence-electron chi connectivity index (χ0n) is 9.19. The highest BCUT2D eigenvalue weighted by Crippen LogP contribution is 2.04. The Morgan fingerprint density at radius 3 is 2.80 bits per heavy atom. The molecule has 1 atom stereocenters. The van der Waals surface area contributed by atoms with Crippen LogP contribution in [0.3, 0.4) is 0 Å². The first-order chi connectivity index (χ1) is 7.27. The monoisotopic (exact) mass is 212 g/mol. The molecule has 4 heteroatoms. The molecule has 15 heavy (non-hydrogen) atoms. The molecule has 0 radical (unpaired) electrons. The van der Waals surface area contributed by atoms with Gasteiger partial charge in [-0.25, -0.2) is 0 Å². The summed E-state index contributed by atoms with van der Waals surface area (Å²) >= 11 is 0. The zero-order chi connectivity index (χ0) is 11.1. The van der Waals surface area contributed by atoms with Crippen LogP contribution in [0.1, 0.15) is 12.0 Å². The van der Waals surface area contributed by atoms with Gasteiger partial charge in [0.1, 0.15) is 0 Å². The quantitative estimate of drug-likeness (QED) is 0.606. The van der Waals surface area contributed by atoms with E-state index in [4.69, 9.17) is 10.2 Å². The second kappa shape index (κ2) is 6.61. The van der Waals surface area contributed by atoms with Gasteiger partial charge in [-0.05, 0) is 31.5 Å². The third-order valence-corrected chi connectivity index (χ3v) is 2.71. The fourth-order valence-corrected chi connectivity index (χ4v) is 1.60. The van der Waals surface area contributed by atoms with E-state index in [0.29, 0.717) is 6.42 Å². The van der Waals surface area contributed by atoms with Crippen LogP contribution < -0.4 is 0 Å². The van der Waals surface area contributed by atoms with Gasteiger partial charge in [-0.3, -0.25) is 0 Å². The zero-order valence-corrected chi connectivity index (χ0v) is 9.19. The molecular formula is C11H20N2O2. The maximum absolute atomic E-state index is 9.13. The van der Waals surface area contributed by atoms with E-state index in [1.807, 2.05) is 25.5 Å². The number of nitrogens with one attached hydrogen (secondary N) is 1. The molecule has 1 heterocycles. The van der Waals surface area contributed by atoms with E-state index in [9.17, 15) is 0 Å². The molecule has 0 aromatic carbocycles. The lowest BCUT2D eigenvalue weighted by molar-refractivity contribution is 0.120. The van der Waals surface area contributed by atoms with Crippen molar-refractivity contribution in [3.63, 3.8) is 0 Å². The Kier molecular flexibility index (Phi) is 5.39. The van der Waals surface area contributed by atoms with Crippen LogP contribution in [0.2, 0.25) is 0 Å². The molecule has 1 rings (SSSR count). The molecule has 0 aliphatic heterocycles. The van der Waals surface area contributed by atoms with Gasteiger partial charge in [-0.15, -0.1) is 0 Å². The van der Waals surface area contributed by atoms with Gasteiger partial charge >= 0.3 is 0 Å². The molecule has 0 saturated heterocycles. The van der Waals surface area contributed by atoms with E-state index >= 15 is 0 Å². The average Bonchev–Trinajstić information content (AvgIpc) is 2.75. The highest BCUT2D eigenvalue weighted by Gasteiger charge is 2.12. The van der Waals surface area contributed by atoms with Gasteiger partial charge in [-0.2, -0.15) is 0 Å². The fraction of sp³-hybridized carbons (Fsp3) is 0.636. The van der Waals surface area contributed by atoms with Crippen molar-refractivity contribution < 1.29 is 10.2 Å². The van der Waals surface area contributed by atoms with Crippen LogP contribution in [0.5, 0.6) is 0 Å². The summed E-state index contributed by atoms with van der Waals surface area (Å²) in [6.45, 7) is 1.12. The largest absolute Gasteiger partial charge is 0.396 e. The predicted octanol–water partition coefficient (Wildman–Crippen LogP) is 0.232. The number of aliphatic hydroxyl groups excluding tert-OH is 2. The number of nitrogens with zero attached hydrogens (tertiary/aromatic N) is 1. The summed E-state index contributed by atoms with van der Waals surface area (Å²) in [5.74, 6) is 0. The molecule has 0 fully saturated rings. The summed E-state index contributed by atoms with van der Waals surface area (Å²) in [7, 11) is 1.98.